The van der Waals surface area contributed by atoms with Gasteiger partial charge in [-0.05, 0) is 51.7 Å². The molecule has 9 nitrogen and oxygen atoms in total. The van der Waals surface area contributed by atoms with E-state index < -0.39 is 11.4 Å². The van der Waals surface area contributed by atoms with Gasteiger partial charge in [-0.25, -0.2) is 14.2 Å². The second-order valence-electron chi connectivity index (χ2n) is 7.93. The quantitative estimate of drug-likeness (QED) is 0.444. The van der Waals surface area contributed by atoms with Crippen molar-refractivity contribution >= 4 is 29.4 Å². The van der Waals surface area contributed by atoms with Crippen molar-refractivity contribution < 1.29 is 13.9 Å². The van der Waals surface area contributed by atoms with Gasteiger partial charge in [0.25, 0.3) is 0 Å². The van der Waals surface area contributed by atoms with Crippen LogP contribution in [0.2, 0.25) is 0 Å². The molecule has 0 saturated carbocycles. The highest BCUT2D eigenvalue weighted by molar-refractivity contribution is 5.94. The van der Waals surface area contributed by atoms with E-state index in [1.807, 2.05) is 20.8 Å². The molecule has 1 heterocycles. The van der Waals surface area contributed by atoms with Crippen molar-refractivity contribution in [1.82, 2.24) is 4.90 Å². The normalized spacial score (nSPS) is 15.7. The van der Waals surface area contributed by atoms with Crippen LogP contribution in [0.4, 0.5) is 20.6 Å². The summed E-state index contributed by atoms with van der Waals surface area (Å²) >= 11 is 0. The van der Waals surface area contributed by atoms with Gasteiger partial charge >= 0.3 is 6.09 Å². The fraction of sp³-hybridized carbons (Fsp3) is 0.526. The largest absolute Gasteiger partial charge is 0.444 e. The van der Waals surface area contributed by atoms with Crippen molar-refractivity contribution in [2.45, 2.75) is 39.2 Å². The smallest absolute Gasteiger partial charge is 0.410 e. The molecule has 1 aromatic rings. The summed E-state index contributed by atoms with van der Waals surface area (Å²) < 4.78 is 19.6. The second kappa shape index (κ2) is 9.44. The number of hydrogen-bond acceptors (Lipinski definition) is 4. The van der Waals surface area contributed by atoms with Crippen LogP contribution in [0.1, 0.15) is 33.6 Å². The molecule has 29 heavy (non-hydrogen) atoms. The fourth-order valence-electron chi connectivity index (χ4n) is 2.94. The summed E-state index contributed by atoms with van der Waals surface area (Å²) in [4.78, 5) is 21.5. The molecule has 1 amide bonds. The molecule has 0 aromatic heterocycles. The zero-order valence-electron chi connectivity index (χ0n) is 17.1. The highest BCUT2D eigenvalue weighted by Crippen LogP contribution is 2.29. The maximum absolute atomic E-state index is 14.2. The minimum Gasteiger partial charge on any atom is -0.444 e. The third kappa shape index (κ3) is 7.13. The van der Waals surface area contributed by atoms with E-state index >= 15 is 0 Å². The monoisotopic (exact) mass is 407 g/mol. The lowest BCUT2D eigenvalue weighted by molar-refractivity contribution is 0.0188. The average molecular weight is 407 g/mol. The Hall–Kier alpha value is -3.04. The summed E-state index contributed by atoms with van der Waals surface area (Å²) in [6.45, 7) is 7.39. The van der Waals surface area contributed by atoms with Crippen molar-refractivity contribution in [3.8, 4) is 0 Å². The van der Waals surface area contributed by atoms with E-state index in [0.717, 1.165) is 12.8 Å². The molecule has 0 aliphatic carbocycles. The highest BCUT2D eigenvalue weighted by Gasteiger charge is 2.26. The topological polar surface area (TPSA) is 144 Å². The van der Waals surface area contributed by atoms with E-state index in [2.05, 4.69) is 15.3 Å². The molecule has 1 aliphatic rings. The van der Waals surface area contributed by atoms with Crippen LogP contribution in [0.15, 0.2) is 28.2 Å². The Kier molecular flexibility index (Phi) is 7.24. The lowest BCUT2D eigenvalue weighted by Crippen LogP contribution is -2.42. The Bertz CT molecular complexity index is 777. The number of anilines is 1. The number of ether oxygens (including phenoxy) is 1. The maximum Gasteiger partial charge on any atom is 0.410 e. The number of guanidine groups is 2. The first-order valence-electron chi connectivity index (χ1n) is 9.49. The summed E-state index contributed by atoms with van der Waals surface area (Å²) in [6.07, 6.45) is 1.34. The minimum absolute atomic E-state index is 0.0428. The number of nitrogens with two attached hydrogens (primary N) is 3. The van der Waals surface area contributed by atoms with Crippen LogP contribution in [0.5, 0.6) is 0 Å². The van der Waals surface area contributed by atoms with Crippen LogP contribution in [-0.4, -0.2) is 48.1 Å². The van der Waals surface area contributed by atoms with Gasteiger partial charge in [0.05, 0.1) is 5.69 Å². The molecule has 0 radical (unpaired) electrons. The van der Waals surface area contributed by atoms with Crippen LogP contribution in [0, 0.1) is 11.7 Å². The first-order chi connectivity index (χ1) is 13.5. The van der Waals surface area contributed by atoms with Crippen molar-refractivity contribution in [2.75, 3.05) is 25.0 Å². The van der Waals surface area contributed by atoms with E-state index in [0.29, 0.717) is 31.2 Å². The number of aliphatic imine (C=N–C) groups is 2. The molecule has 0 atom stereocenters. The van der Waals surface area contributed by atoms with Crippen molar-refractivity contribution in [2.24, 2.45) is 33.1 Å². The number of halogens is 1. The van der Waals surface area contributed by atoms with E-state index in [9.17, 15) is 9.18 Å². The minimum atomic E-state index is -0.538. The molecule has 1 fully saturated rings. The van der Waals surface area contributed by atoms with E-state index in [1.54, 1.807) is 17.0 Å². The van der Waals surface area contributed by atoms with Crippen LogP contribution in [0.25, 0.3) is 0 Å². The maximum atomic E-state index is 14.2. The van der Waals surface area contributed by atoms with Gasteiger partial charge in [0.1, 0.15) is 11.3 Å². The molecule has 2 rings (SSSR count). The van der Waals surface area contributed by atoms with Crippen LogP contribution in [0.3, 0.4) is 0 Å². The third-order valence-electron chi connectivity index (χ3n) is 4.30. The van der Waals surface area contributed by atoms with Gasteiger partial charge < -0.3 is 32.2 Å². The molecule has 1 saturated heterocycles. The second-order valence-corrected chi connectivity index (χ2v) is 7.93. The number of hydrogen-bond donors (Lipinski definition) is 4. The van der Waals surface area contributed by atoms with Gasteiger partial charge in [0.2, 0.25) is 5.96 Å². The first kappa shape index (κ1) is 22.3. The Morgan fingerprint density at radius 2 is 1.93 bits per heavy atom. The highest BCUT2D eigenvalue weighted by atomic mass is 19.1. The fourth-order valence-corrected chi connectivity index (χ4v) is 2.94. The van der Waals surface area contributed by atoms with Gasteiger partial charge in [-0.3, -0.25) is 0 Å². The predicted molar refractivity (Wildman–Crippen MR) is 113 cm³/mol. The van der Waals surface area contributed by atoms with Crippen LogP contribution in [-0.2, 0) is 4.74 Å². The summed E-state index contributed by atoms with van der Waals surface area (Å²) in [5, 5.41) is 3.22. The van der Waals surface area contributed by atoms with Gasteiger partial charge in [-0.2, -0.15) is 4.99 Å². The van der Waals surface area contributed by atoms with E-state index in [-0.39, 0.29) is 23.7 Å². The number of carbonyl (C=O) groups is 1. The molecule has 0 unspecified atom stereocenters. The Balaban J connectivity index is 1.96. The average Bonchev–Trinajstić information content (AvgIpc) is 2.60. The van der Waals surface area contributed by atoms with E-state index in [4.69, 9.17) is 21.9 Å². The number of carbonyl (C=O) groups excluding carboxylic acids is 1. The predicted octanol–water partition coefficient (Wildman–Crippen LogP) is 2.10. The molecule has 10 heteroatoms. The van der Waals surface area contributed by atoms with Gasteiger partial charge in [0, 0.05) is 19.6 Å². The molecule has 0 bridgehead atoms. The molecule has 0 spiro atoms. The summed E-state index contributed by atoms with van der Waals surface area (Å²) in [7, 11) is 0. The van der Waals surface area contributed by atoms with Crippen LogP contribution < -0.4 is 22.5 Å². The molecule has 160 valence electrons. The van der Waals surface area contributed by atoms with Crippen molar-refractivity contribution in [3.05, 3.63) is 24.0 Å². The lowest BCUT2D eigenvalue weighted by atomic mass is 9.97. The lowest BCUT2D eigenvalue weighted by Gasteiger charge is -2.33. The standard InChI is InChI=1S/C19H30FN7O2/c1-19(2,3)29-18(28)27-9-7-12(8-10-27)11-24-14-6-4-5-13(20)15(14)25-17(23)26-16(21)22/h4-6,12,24H,7-11H2,1-3H3,(H6,21,22,23,25,26). The number of amides is 1. The number of benzene rings is 1. The van der Waals surface area contributed by atoms with Crippen molar-refractivity contribution in [3.63, 3.8) is 0 Å². The van der Waals surface area contributed by atoms with Gasteiger partial charge in [0.15, 0.2) is 11.8 Å². The summed E-state index contributed by atoms with van der Waals surface area (Å²) in [5.74, 6) is -0.704. The number of likely N-dealkylation sites (tertiary alicyclic amines) is 1. The Labute approximate surface area is 170 Å². The molecular formula is C19H30FN7O2. The third-order valence-corrected chi connectivity index (χ3v) is 4.30. The Morgan fingerprint density at radius 1 is 1.28 bits per heavy atom. The number of nitrogens with one attached hydrogen (secondary N) is 1. The molecule has 1 aliphatic heterocycles. The summed E-state index contributed by atoms with van der Waals surface area (Å²) in [6, 6.07) is 4.57. The molecular weight excluding hydrogens is 377 g/mol. The zero-order valence-corrected chi connectivity index (χ0v) is 17.1. The summed E-state index contributed by atoms with van der Waals surface area (Å²) in [5.41, 5.74) is 16.2. The number of rotatable bonds is 4. The van der Waals surface area contributed by atoms with Crippen molar-refractivity contribution in [1.29, 1.82) is 0 Å². The molecule has 1 aromatic carbocycles. The SMILES string of the molecule is CC(C)(C)OC(=O)N1CCC(CNc2cccc(F)c2N=C(N)N=C(N)N)CC1. The first-order valence-corrected chi connectivity index (χ1v) is 9.49. The van der Waals surface area contributed by atoms with Gasteiger partial charge in [-0.1, -0.05) is 6.07 Å². The Morgan fingerprint density at radius 3 is 2.52 bits per heavy atom. The van der Waals surface area contributed by atoms with Gasteiger partial charge in [-0.15, -0.1) is 0 Å². The zero-order chi connectivity index (χ0) is 21.6. The van der Waals surface area contributed by atoms with Crippen LogP contribution >= 0.6 is 0 Å². The van der Waals surface area contributed by atoms with E-state index in [1.165, 1.54) is 6.07 Å². The number of nitrogens with zero attached hydrogens (tertiary/aromatic N) is 3. The number of piperidine rings is 1. The number of para-hydroxylation sites is 1. The molecule has 7 N–H and O–H groups in total.